The van der Waals surface area contributed by atoms with Crippen molar-refractivity contribution in [2.45, 2.75) is 6.61 Å². The summed E-state index contributed by atoms with van der Waals surface area (Å²) in [6.45, 7) is 0.368. The average molecular weight is 346 g/mol. The van der Waals surface area contributed by atoms with Crippen LogP contribution in [-0.4, -0.2) is 18.9 Å². The molecule has 3 rings (SSSR count). The zero-order valence-corrected chi connectivity index (χ0v) is 14.3. The normalized spacial score (nSPS) is 10.2. The molecule has 0 heterocycles. The van der Waals surface area contributed by atoms with Crippen molar-refractivity contribution in [2.24, 2.45) is 0 Å². The van der Waals surface area contributed by atoms with Gasteiger partial charge in [-0.05, 0) is 42.0 Å². The van der Waals surface area contributed by atoms with Crippen LogP contribution in [-0.2, 0) is 11.3 Å². The van der Waals surface area contributed by atoms with Gasteiger partial charge in [-0.15, -0.1) is 0 Å². The van der Waals surface area contributed by atoms with E-state index in [9.17, 15) is 9.59 Å². The van der Waals surface area contributed by atoms with E-state index < -0.39 is 0 Å². The number of hydrogen-bond donors (Lipinski definition) is 0. The van der Waals surface area contributed by atoms with Gasteiger partial charge < -0.3 is 9.47 Å². The highest BCUT2D eigenvalue weighted by Gasteiger charge is 2.08. The minimum Gasteiger partial charge on any atom is -0.489 e. The van der Waals surface area contributed by atoms with Gasteiger partial charge in [-0.3, -0.25) is 4.79 Å². The first kappa shape index (κ1) is 17.4. The summed E-state index contributed by atoms with van der Waals surface area (Å²) in [6, 6.07) is 23.3. The smallest absolute Gasteiger partial charge is 0.337 e. The molecule has 0 radical (unpaired) electrons. The number of benzene rings is 3. The molecule has 0 aliphatic rings. The third-order valence-electron chi connectivity index (χ3n) is 3.93. The number of carbonyl (C=O) groups is 2. The van der Waals surface area contributed by atoms with Gasteiger partial charge in [0, 0.05) is 11.1 Å². The summed E-state index contributed by atoms with van der Waals surface area (Å²) in [5.74, 6) is 0.290. The lowest BCUT2D eigenvalue weighted by molar-refractivity contribution is 0.0600. The summed E-state index contributed by atoms with van der Waals surface area (Å²) < 4.78 is 10.4. The summed E-state index contributed by atoms with van der Waals surface area (Å²) in [6.07, 6.45) is 0. The largest absolute Gasteiger partial charge is 0.489 e. The Morgan fingerprint density at radius 2 is 1.31 bits per heavy atom. The van der Waals surface area contributed by atoms with Gasteiger partial charge in [0.15, 0.2) is 5.78 Å². The minimum atomic E-state index is -0.365. The van der Waals surface area contributed by atoms with Crippen molar-refractivity contribution in [3.8, 4) is 5.75 Å². The summed E-state index contributed by atoms with van der Waals surface area (Å²) in [5.41, 5.74) is 2.71. The summed E-state index contributed by atoms with van der Waals surface area (Å²) in [4.78, 5) is 23.8. The van der Waals surface area contributed by atoms with E-state index in [2.05, 4.69) is 4.74 Å². The van der Waals surface area contributed by atoms with Crippen LogP contribution in [0.3, 0.4) is 0 Å². The van der Waals surface area contributed by atoms with Crippen molar-refractivity contribution in [3.63, 3.8) is 0 Å². The van der Waals surface area contributed by atoms with Crippen LogP contribution in [0.4, 0.5) is 0 Å². The van der Waals surface area contributed by atoms with Crippen LogP contribution in [0.1, 0.15) is 31.8 Å². The Labute approximate surface area is 152 Å². The third-order valence-corrected chi connectivity index (χ3v) is 3.93. The van der Waals surface area contributed by atoms with E-state index in [0.29, 0.717) is 29.0 Å². The Bertz CT molecular complexity index is 882. The van der Waals surface area contributed by atoms with E-state index in [-0.39, 0.29) is 11.8 Å². The third kappa shape index (κ3) is 4.16. The monoisotopic (exact) mass is 346 g/mol. The lowest BCUT2D eigenvalue weighted by Crippen LogP contribution is -2.02. The summed E-state index contributed by atoms with van der Waals surface area (Å²) in [5, 5.41) is 0. The second-order valence-corrected chi connectivity index (χ2v) is 5.70. The molecule has 0 atom stereocenters. The van der Waals surface area contributed by atoms with Crippen molar-refractivity contribution >= 4 is 11.8 Å². The molecule has 0 bridgehead atoms. The average Bonchev–Trinajstić information content (AvgIpc) is 2.72. The van der Waals surface area contributed by atoms with Crippen LogP contribution in [0, 0.1) is 0 Å². The topological polar surface area (TPSA) is 52.6 Å². The Kier molecular flexibility index (Phi) is 5.44. The number of rotatable bonds is 6. The van der Waals surface area contributed by atoms with Gasteiger partial charge in [-0.25, -0.2) is 4.79 Å². The molecular formula is C22H18O4. The molecular weight excluding hydrogens is 328 g/mol. The zero-order chi connectivity index (χ0) is 18.4. The molecule has 0 saturated heterocycles. The van der Waals surface area contributed by atoms with Crippen molar-refractivity contribution < 1.29 is 19.1 Å². The van der Waals surface area contributed by atoms with Crippen LogP contribution >= 0.6 is 0 Å². The van der Waals surface area contributed by atoms with E-state index in [4.69, 9.17) is 4.74 Å². The van der Waals surface area contributed by atoms with Crippen molar-refractivity contribution in [1.29, 1.82) is 0 Å². The van der Waals surface area contributed by atoms with E-state index >= 15 is 0 Å². The maximum Gasteiger partial charge on any atom is 0.337 e. The van der Waals surface area contributed by atoms with E-state index in [1.807, 2.05) is 30.3 Å². The Morgan fingerprint density at radius 3 is 1.92 bits per heavy atom. The first-order valence-electron chi connectivity index (χ1n) is 8.17. The number of carbonyl (C=O) groups excluding carboxylic acids is 2. The number of ketones is 1. The second kappa shape index (κ2) is 8.12. The molecule has 4 heteroatoms. The van der Waals surface area contributed by atoms with Gasteiger partial charge in [0.05, 0.1) is 12.7 Å². The molecule has 3 aromatic carbocycles. The molecule has 0 unspecified atom stereocenters. The van der Waals surface area contributed by atoms with Crippen LogP contribution in [0.25, 0.3) is 0 Å². The Hall–Kier alpha value is -3.40. The molecule has 3 aromatic rings. The maximum absolute atomic E-state index is 12.4. The van der Waals surface area contributed by atoms with Gasteiger partial charge >= 0.3 is 5.97 Å². The molecule has 130 valence electrons. The predicted molar refractivity (Wildman–Crippen MR) is 98.4 cm³/mol. The van der Waals surface area contributed by atoms with Gasteiger partial charge in [-0.2, -0.15) is 0 Å². The van der Waals surface area contributed by atoms with Crippen molar-refractivity contribution in [1.82, 2.24) is 0 Å². The number of ether oxygens (including phenoxy) is 2. The van der Waals surface area contributed by atoms with E-state index in [1.54, 1.807) is 48.5 Å². The SMILES string of the molecule is COC(=O)c1ccc(COc2ccc(C(=O)c3ccccc3)cc2)cc1. The van der Waals surface area contributed by atoms with Gasteiger partial charge in [-0.1, -0.05) is 42.5 Å². The van der Waals surface area contributed by atoms with Gasteiger partial charge in [0.2, 0.25) is 0 Å². The quantitative estimate of drug-likeness (QED) is 0.494. The van der Waals surface area contributed by atoms with E-state index in [1.165, 1.54) is 7.11 Å². The number of methoxy groups -OCH3 is 1. The maximum atomic E-state index is 12.4. The fourth-order valence-corrected chi connectivity index (χ4v) is 2.48. The molecule has 0 spiro atoms. The van der Waals surface area contributed by atoms with Crippen LogP contribution in [0.15, 0.2) is 78.9 Å². The van der Waals surface area contributed by atoms with Crippen molar-refractivity contribution in [3.05, 3.63) is 101 Å². The molecule has 0 aliphatic heterocycles. The fourth-order valence-electron chi connectivity index (χ4n) is 2.48. The van der Waals surface area contributed by atoms with Gasteiger partial charge in [0.25, 0.3) is 0 Å². The molecule has 0 aliphatic carbocycles. The zero-order valence-electron chi connectivity index (χ0n) is 14.3. The Balaban J connectivity index is 1.61. The van der Waals surface area contributed by atoms with Gasteiger partial charge in [0.1, 0.15) is 12.4 Å². The highest BCUT2D eigenvalue weighted by molar-refractivity contribution is 6.08. The first-order chi connectivity index (χ1) is 12.7. The van der Waals surface area contributed by atoms with Crippen LogP contribution in [0.5, 0.6) is 5.75 Å². The molecule has 0 N–H and O–H groups in total. The lowest BCUT2D eigenvalue weighted by Gasteiger charge is -2.08. The summed E-state index contributed by atoms with van der Waals surface area (Å²) >= 11 is 0. The molecule has 0 fully saturated rings. The molecule has 0 aromatic heterocycles. The van der Waals surface area contributed by atoms with Crippen molar-refractivity contribution in [2.75, 3.05) is 7.11 Å². The minimum absolute atomic E-state index is 0.0180. The fraction of sp³-hybridized carbons (Fsp3) is 0.0909. The van der Waals surface area contributed by atoms with E-state index in [0.717, 1.165) is 5.56 Å². The number of hydrogen-bond acceptors (Lipinski definition) is 4. The molecule has 0 saturated carbocycles. The van der Waals surface area contributed by atoms with Crippen LogP contribution < -0.4 is 4.74 Å². The predicted octanol–water partition coefficient (Wildman–Crippen LogP) is 4.28. The lowest BCUT2D eigenvalue weighted by atomic mass is 10.0. The molecule has 4 nitrogen and oxygen atoms in total. The molecule has 0 amide bonds. The molecule has 26 heavy (non-hydrogen) atoms. The highest BCUT2D eigenvalue weighted by atomic mass is 16.5. The highest BCUT2D eigenvalue weighted by Crippen LogP contribution is 2.17. The first-order valence-corrected chi connectivity index (χ1v) is 8.17. The Morgan fingerprint density at radius 1 is 0.731 bits per heavy atom. The second-order valence-electron chi connectivity index (χ2n) is 5.70. The van der Waals surface area contributed by atoms with Crippen LogP contribution in [0.2, 0.25) is 0 Å². The standard InChI is InChI=1S/C22H18O4/c1-25-22(24)19-9-7-16(8-10-19)15-26-20-13-11-18(12-14-20)21(23)17-5-3-2-4-6-17/h2-14H,15H2,1H3. The summed E-state index contributed by atoms with van der Waals surface area (Å²) in [7, 11) is 1.35. The number of esters is 1.